The molecule has 4 aromatic heterocycles. The van der Waals surface area contributed by atoms with Gasteiger partial charge in [-0.2, -0.15) is 5.10 Å². The van der Waals surface area contributed by atoms with Crippen molar-refractivity contribution in [3.63, 3.8) is 0 Å². The summed E-state index contributed by atoms with van der Waals surface area (Å²) in [4.78, 5) is 9.04. The van der Waals surface area contributed by atoms with Gasteiger partial charge in [-0.25, -0.2) is 19.2 Å². The molecule has 0 amide bonds. The molecule has 0 aliphatic heterocycles. The van der Waals surface area contributed by atoms with Crippen molar-refractivity contribution in [2.45, 2.75) is 13.2 Å². The second kappa shape index (κ2) is 6.65. The summed E-state index contributed by atoms with van der Waals surface area (Å²) in [7, 11) is 0. The van der Waals surface area contributed by atoms with Gasteiger partial charge in [0, 0.05) is 0 Å². The lowest BCUT2D eigenvalue weighted by atomic mass is 10.2. The minimum atomic E-state index is 0.522. The SMILES string of the molecule is c1ccc(COCCn2ncc3c2ncn2nc(-c4ccco4)nc32)cc1. The number of furan rings is 1. The summed E-state index contributed by atoms with van der Waals surface area (Å²) in [6.45, 7) is 1.73. The summed E-state index contributed by atoms with van der Waals surface area (Å²) < 4.78 is 14.6. The van der Waals surface area contributed by atoms with E-state index in [0.717, 1.165) is 16.6 Å². The third-order valence-corrected chi connectivity index (χ3v) is 4.27. The molecule has 0 saturated carbocycles. The maximum Gasteiger partial charge on any atom is 0.217 e. The molecule has 0 radical (unpaired) electrons. The highest BCUT2D eigenvalue weighted by Crippen LogP contribution is 2.21. The molecular formula is C19H16N6O2. The molecule has 8 nitrogen and oxygen atoms in total. The smallest absolute Gasteiger partial charge is 0.217 e. The van der Waals surface area contributed by atoms with E-state index < -0.39 is 0 Å². The summed E-state index contributed by atoms with van der Waals surface area (Å²) in [6.07, 6.45) is 5.00. The molecule has 0 aliphatic carbocycles. The van der Waals surface area contributed by atoms with Crippen LogP contribution in [0, 0.1) is 0 Å². The Labute approximate surface area is 154 Å². The number of nitrogens with zero attached hydrogens (tertiary/aromatic N) is 6. The van der Waals surface area contributed by atoms with Crippen molar-refractivity contribution in [1.29, 1.82) is 0 Å². The van der Waals surface area contributed by atoms with E-state index in [9.17, 15) is 0 Å². The third-order valence-electron chi connectivity index (χ3n) is 4.27. The van der Waals surface area contributed by atoms with Crippen molar-refractivity contribution in [1.82, 2.24) is 29.4 Å². The van der Waals surface area contributed by atoms with Crippen molar-refractivity contribution in [2.75, 3.05) is 6.61 Å². The first-order chi connectivity index (χ1) is 13.4. The van der Waals surface area contributed by atoms with Gasteiger partial charge < -0.3 is 9.15 Å². The van der Waals surface area contributed by atoms with E-state index in [4.69, 9.17) is 9.15 Å². The molecule has 0 bridgehead atoms. The average Bonchev–Trinajstić information content (AvgIpc) is 3.44. The van der Waals surface area contributed by atoms with E-state index in [2.05, 4.69) is 20.2 Å². The van der Waals surface area contributed by atoms with Crippen molar-refractivity contribution in [3.05, 3.63) is 66.8 Å². The van der Waals surface area contributed by atoms with E-state index in [-0.39, 0.29) is 0 Å². The highest BCUT2D eigenvalue weighted by molar-refractivity contribution is 5.88. The van der Waals surface area contributed by atoms with Gasteiger partial charge in [-0.1, -0.05) is 30.3 Å². The fourth-order valence-corrected chi connectivity index (χ4v) is 2.96. The van der Waals surface area contributed by atoms with Crippen LogP contribution in [-0.4, -0.2) is 36.0 Å². The quantitative estimate of drug-likeness (QED) is 0.433. The van der Waals surface area contributed by atoms with E-state index in [1.54, 1.807) is 23.3 Å². The van der Waals surface area contributed by atoms with E-state index in [1.165, 1.54) is 0 Å². The molecule has 0 spiro atoms. The first kappa shape index (κ1) is 15.7. The number of rotatable bonds is 6. The minimum absolute atomic E-state index is 0.522. The molecule has 1 aromatic carbocycles. The Kier molecular flexibility index (Phi) is 3.87. The van der Waals surface area contributed by atoms with Gasteiger partial charge in [0.15, 0.2) is 17.1 Å². The fourth-order valence-electron chi connectivity index (χ4n) is 2.96. The zero-order valence-electron chi connectivity index (χ0n) is 14.4. The predicted molar refractivity (Wildman–Crippen MR) is 97.9 cm³/mol. The summed E-state index contributed by atoms with van der Waals surface area (Å²) in [6, 6.07) is 13.7. The largest absolute Gasteiger partial charge is 0.461 e. The second-order valence-corrected chi connectivity index (χ2v) is 6.07. The van der Waals surface area contributed by atoms with Crippen LogP contribution in [0.1, 0.15) is 5.56 Å². The van der Waals surface area contributed by atoms with Crippen LogP contribution in [0.5, 0.6) is 0 Å². The molecule has 27 heavy (non-hydrogen) atoms. The molecule has 0 fully saturated rings. The molecule has 0 saturated heterocycles. The van der Waals surface area contributed by atoms with Crippen molar-refractivity contribution >= 4 is 16.7 Å². The summed E-state index contributed by atoms with van der Waals surface area (Å²) >= 11 is 0. The number of hydrogen-bond donors (Lipinski definition) is 0. The standard InChI is InChI=1S/C19H16N6O2/c1-2-5-14(6-3-1)12-26-10-8-24-18-15(11-21-24)19-22-17(16-7-4-9-27-16)23-25(19)13-20-18/h1-7,9,11,13H,8,10,12H2. The van der Waals surface area contributed by atoms with Gasteiger partial charge in [0.05, 0.1) is 37.6 Å². The fraction of sp³-hybridized carbons (Fsp3) is 0.158. The number of aromatic nitrogens is 6. The van der Waals surface area contributed by atoms with Crippen molar-refractivity contribution in [2.24, 2.45) is 0 Å². The maximum absolute atomic E-state index is 5.75. The van der Waals surface area contributed by atoms with E-state index in [0.29, 0.717) is 37.0 Å². The predicted octanol–water partition coefficient (Wildman–Crippen LogP) is 2.95. The molecule has 0 unspecified atom stereocenters. The summed E-state index contributed by atoms with van der Waals surface area (Å²) in [5, 5.41) is 9.68. The van der Waals surface area contributed by atoms with Crippen LogP contribution in [0.25, 0.3) is 28.3 Å². The zero-order chi connectivity index (χ0) is 18.1. The highest BCUT2D eigenvalue weighted by atomic mass is 16.5. The minimum Gasteiger partial charge on any atom is -0.461 e. The third kappa shape index (κ3) is 2.96. The van der Waals surface area contributed by atoms with Crippen LogP contribution in [0.2, 0.25) is 0 Å². The lowest BCUT2D eigenvalue weighted by molar-refractivity contribution is 0.111. The van der Waals surface area contributed by atoms with Crippen LogP contribution >= 0.6 is 0 Å². The summed E-state index contributed by atoms with van der Waals surface area (Å²) in [5.74, 6) is 1.14. The second-order valence-electron chi connectivity index (χ2n) is 6.07. The highest BCUT2D eigenvalue weighted by Gasteiger charge is 2.14. The van der Waals surface area contributed by atoms with Gasteiger partial charge in [0.25, 0.3) is 0 Å². The maximum atomic E-state index is 5.75. The number of hydrogen-bond acceptors (Lipinski definition) is 6. The van der Waals surface area contributed by atoms with Crippen molar-refractivity contribution < 1.29 is 9.15 Å². The number of ether oxygens (including phenoxy) is 1. The van der Waals surface area contributed by atoms with Gasteiger partial charge in [0.1, 0.15) is 6.33 Å². The molecular weight excluding hydrogens is 344 g/mol. The molecule has 0 aliphatic rings. The van der Waals surface area contributed by atoms with Gasteiger partial charge in [0.2, 0.25) is 5.82 Å². The molecule has 4 heterocycles. The van der Waals surface area contributed by atoms with E-state index >= 15 is 0 Å². The van der Waals surface area contributed by atoms with E-state index in [1.807, 2.05) is 47.1 Å². The van der Waals surface area contributed by atoms with Crippen LogP contribution in [0.15, 0.2) is 65.7 Å². The first-order valence-electron chi connectivity index (χ1n) is 8.61. The summed E-state index contributed by atoms with van der Waals surface area (Å²) in [5.41, 5.74) is 2.60. The van der Waals surface area contributed by atoms with Crippen molar-refractivity contribution in [3.8, 4) is 11.6 Å². The molecule has 134 valence electrons. The molecule has 5 aromatic rings. The first-order valence-corrected chi connectivity index (χ1v) is 8.61. The normalized spacial score (nSPS) is 11.6. The Balaban J connectivity index is 1.35. The average molecular weight is 360 g/mol. The van der Waals surface area contributed by atoms with Crippen LogP contribution in [0.4, 0.5) is 0 Å². The number of fused-ring (bicyclic) bond motifs is 3. The Morgan fingerprint density at radius 2 is 1.96 bits per heavy atom. The Morgan fingerprint density at radius 1 is 1.04 bits per heavy atom. The Morgan fingerprint density at radius 3 is 2.81 bits per heavy atom. The molecule has 5 rings (SSSR count). The number of benzene rings is 1. The lowest BCUT2D eigenvalue weighted by Crippen LogP contribution is -2.08. The molecule has 8 heteroatoms. The topological polar surface area (TPSA) is 83.3 Å². The monoisotopic (exact) mass is 360 g/mol. The lowest BCUT2D eigenvalue weighted by Gasteiger charge is -2.05. The van der Waals surface area contributed by atoms with Gasteiger partial charge in [-0.15, -0.1) is 5.10 Å². The van der Waals surface area contributed by atoms with Crippen LogP contribution in [-0.2, 0) is 17.9 Å². The molecule has 0 atom stereocenters. The van der Waals surface area contributed by atoms with Gasteiger partial charge in [-0.05, 0) is 17.7 Å². The zero-order valence-corrected chi connectivity index (χ0v) is 14.4. The Bertz CT molecular complexity index is 1180. The van der Waals surface area contributed by atoms with Gasteiger partial charge >= 0.3 is 0 Å². The van der Waals surface area contributed by atoms with Crippen LogP contribution in [0.3, 0.4) is 0 Å². The van der Waals surface area contributed by atoms with Crippen LogP contribution < -0.4 is 0 Å². The van der Waals surface area contributed by atoms with Gasteiger partial charge in [-0.3, -0.25) is 0 Å². The Hall–Kier alpha value is -3.52. The molecule has 0 N–H and O–H groups in total.